The molecule has 1 aliphatic rings. The van der Waals surface area contributed by atoms with Crippen molar-refractivity contribution in [3.8, 4) is 0 Å². The lowest BCUT2D eigenvalue weighted by Crippen LogP contribution is -2.41. The summed E-state index contributed by atoms with van der Waals surface area (Å²) >= 11 is 0. The van der Waals surface area contributed by atoms with E-state index in [0.717, 1.165) is 11.9 Å². The molecular formula is C14H20BO2. The molecule has 1 aromatic carbocycles. The molecule has 0 N–H and O–H groups in total. The lowest BCUT2D eigenvalue weighted by molar-refractivity contribution is 0.00578. The van der Waals surface area contributed by atoms with E-state index in [2.05, 4.69) is 52.8 Å². The van der Waals surface area contributed by atoms with Gasteiger partial charge in [0.15, 0.2) is 0 Å². The number of rotatable bonds is 2. The van der Waals surface area contributed by atoms with Crippen LogP contribution in [0.25, 0.3) is 0 Å². The summed E-state index contributed by atoms with van der Waals surface area (Å²) in [7, 11) is -0.300. The minimum absolute atomic E-state index is 0.284. The van der Waals surface area contributed by atoms with Crippen LogP contribution < -0.4 is 5.46 Å². The Morgan fingerprint density at radius 2 is 1.76 bits per heavy atom. The molecule has 0 aromatic heterocycles. The van der Waals surface area contributed by atoms with Crippen LogP contribution in [-0.2, 0) is 15.7 Å². The number of benzene rings is 1. The first-order valence-electron chi connectivity index (χ1n) is 6.22. The Balaban J connectivity index is 2.25. The second-order valence-electron chi connectivity index (χ2n) is 5.59. The van der Waals surface area contributed by atoms with Crippen LogP contribution in [0.1, 0.15) is 40.2 Å². The van der Waals surface area contributed by atoms with Crippen LogP contribution >= 0.6 is 0 Å². The van der Waals surface area contributed by atoms with Crippen LogP contribution in [0.5, 0.6) is 0 Å². The smallest absolute Gasteiger partial charge is 0.399 e. The van der Waals surface area contributed by atoms with Crippen molar-refractivity contribution in [1.29, 1.82) is 0 Å². The molecule has 0 aliphatic carbocycles. The summed E-state index contributed by atoms with van der Waals surface area (Å²) in [5.74, 6) is 0. The van der Waals surface area contributed by atoms with Crippen molar-refractivity contribution in [2.75, 3.05) is 0 Å². The molecule has 1 aromatic rings. The van der Waals surface area contributed by atoms with Gasteiger partial charge in [0.25, 0.3) is 0 Å². The average molecular weight is 231 g/mol. The van der Waals surface area contributed by atoms with Gasteiger partial charge in [0, 0.05) is 0 Å². The zero-order valence-electron chi connectivity index (χ0n) is 11.3. The van der Waals surface area contributed by atoms with Crippen LogP contribution in [0.4, 0.5) is 0 Å². The van der Waals surface area contributed by atoms with Crippen LogP contribution in [0, 0.1) is 6.07 Å². The fourth-order valence-corrected chi connectivity index (χ4v) is 1.86. The standard InChI is InChI=1S/C14H20BO2/c1-6-11-8-7-9-12(10-11)15-16-13(2,3)14(4,5)17-15/h7-8,10H,6H2,1-5H3. The average Bonchev–Trinajstić information content (AvgIpc) is 2.48. The van der Waals surface area contributed by atoms with Crippen LogP contribution in [0.2, 0.25) is 0 Å². The summed E-state index contributed by atoms with van der Waals surface area (Å²) in [6.45, 7) is 10.4. The second-order valence-corrected chi connectivity index (χ2v) is 5.59. The maximum absolute atomic E-state index is 6.00. The molecule has 1 heterocycles. The van der Waals surface area contributed by atoms with Gasteiger partial charge in [-0.15, -0.1) is 0 Å². The highest BCUT2D eigenvalue weighted by atomic mass is 16.7. The lowest BCUT2D eigenvalue weighted by Gasteiger charge is -2.32. The minimum atomic E-state index is -0.300. The van der Waals surface area contributed by atoms with E-state index in [1.54, 1.807) is 0 Å². The zero-order chi connectivity index (χ0) is 12.7. The molecule has 1 saturated heterocycles. The van der Waals surface area contributed by atoms with E-state index in [4.69, 9.17) is 9.31 Å². The van der Waals surface area contributed by atoms with E-state index >= 15 is 0 Å². The Morgan fingerprint density at radius 3 is 2.29 bits per heavy atom. The van der Waals surface area contributed by atoms with Crippen molar-refractivity contribution in [2.45, 2.75) is 52.2 Å². The van der Waals surface area contributed by atoms with Gasteiger partial charge in [-0.05, 0) is 51.2 Å². The Hall–Kier alpha value is -0.795. The summed E-state index contributed by atoms with van der Waals surface area (Å²) in [5, 5.41) is 0. The molecule has 1 fully saturated rings. The summed E-state index contributed by atoms with van der Waals surface area (Å²) in [4.78, 5) is 0. The van der Waals surface area contributed by atoms with Crippen molar-refractivity contribution in [1.82, 2.24) is 0 Å². The van der Waals surface area contributed by atoms with Gasteiger partial charge >= 0.3 is 7.12 Å². The third-order valence-electron chi connectivity index (χ3n) is 3.80. The molecule has 0 spiro atoms. The highest BCUT2D eigenvalue weighted by molar-refractivity contribution is 6.62. The third kappa shape index (κ3) is 2.27. The van der Waals surface area contributed by atoms with Crippen molar-refractivity contribution >= 4 is 12.6 Å². The predicted molar refractivity (Wildman–Crippen MR) is 70.4 cm³/mol. The lowest BCUT2D eigenvalue weighted by atomic mass is 9.78. The van der Waals surface area contributed by atoms with E-state index in [0.29, 0.717) is 0 Å². The molecule has 1 aliphatic heterocycles. The Kier molecular flexibility index (Phi) is 3.09. The summed E-state index contributed by atoms with van der Waals surface area (Å²) in [5.41, 5.74) is 1.71. The van der Waals surface area contributed by atoms with E-state index in [1.807, 2.05) is 6.07 Å². The molecule has 2 rings (SSSR count). The first kappa shape index (κ1) is 12.7. The molecule has 91 valence electrons. The van der Waals surface area contributed by atoms with Gasteiger partial charge in [0.05, 0.1) is 11.2 Å². The van der Waals surface area contributed by atoms with E-state index in [-0.39, 0.29) is 18.3 Å². The molecule has 0 saturated carbocycles. The minimum Gasteiger partial charge on any atom is -0.399 e. The number of hydrogen-bond donors (Lipinski definition) is 0. The molecule has 17 heavy (non-hydrogen) atoms. The maximum Gasteiger partial charge on any atom is 0.495 e. The summed E-state index contributed by atoms with van der Waals surface area (Å²) in [6, 6.07) is 9.35. The monoisotopic (exact) mass is 231 g/mol. The normalized spacial score (nSPS) is 21.8. The van der Waals surface area contributed by atoms with Crippen LogP contribution in [-0.4, -0.2) is 18.3 Å². The fraction of sp³-hybridized carbons (Fsp3) is 0.571. The van der Waals surface area contributed by atoms with E-state index in [1.165, 1.54) is 5.56 Å². The molecule has 0 unspecified atom stereocenters. The van der Waals surface area contributed by atoms with Crippen molar-refractivity contribution in [3.05, 3.63) is 29.8 Å². The summed E-state index contributed by atoms with van der Waals surface area (Å²) < 4.78 is 12.0. The topological polar surface area (TPSA) is 18.5 Å². The predicted octanol–water partition coefficient (Wildman–Crippen LogP) is 2.35. The van der Waals surface area contributed by atoms with Gasteiger partial charge in [-0.1, -0.05) is 25.1 Å². The second kappa shape index (κ2) is 4.15. The third-order valence-corrected chi connectivity index (χ3v) is 3.80. The zero-order valence-corrected chi connectivity index (χ0v) is 11.3. The fourth-order valence-electron chi connectivity index (χ4n) is 1.86. The van der Waals surface area contributed by atoms with Gasteiger partial charge in [0.1, 0.15) is 0 Å². The SMILES string of the molecule is CCc1cc[c]c(B2OC(C)(C)C(C)(C)O2)c1. The molecule has 0 bridgehead atoms. The largest absolute Gasteiger partial charge is 0.495 e. The number of aryl methyl sites for hydroxylation is 1. The molecule has 3 heteroatoms. The van der Waals surface area contributed by atoms with E-state index in [9.17, 15) is 0 Å². The highest BCUT2D eigenvalue weighted by Crippen LogP contribution is 2.36. The van der Waals surface area contributed by atoms with Gasteiger partial charge in [-0.2, -0.15) is 0 Å². The molecule has 0 atom stereocenters. The number of hydrogen-bond acceptors (Lipinski definition) is 2. The molecule has 2 nitrogen and oxygen atoms in total. The quantitative estimate of drug-likeness (QED) is 0.727. The van der Waals surface area contributed by atoms with Gasteiger partial charge in [-0.25, -0.2) is 0 Å². The van der Waals surface area contributed by atoms with Crippen molar-refractivity contribution in [2.24, 2.45) is 0 Å². The van der Waals surface area contributed by atoms with E-state index < -0.39 is 0 Å². The van der Waals surface area contributed by atoms with Gasteiger partial charge in [0.2, 0.25) is 0 Å². The van der Waals surface area contributed by atoms with Crippen molar-refractivity contribution < 1.29 is 9.31 Å². The Morgan fingerprint density at radius 1 is 1.18 bits per heavy atom. The van der Waals surface area contributed by atoms with Crippen LogP contribution in [0.15, 0.2) is 18.2 Å². The van der Waals surface area contributed by atoms with Gasteiger partial charge < -0.3 is 9.31 Å². The molecule has 0 amide bonds. The highest BCUT2D eigenvalue weighted by Gasteiger charge is 2.51. The molecule has 1 radical (unpaired) electrons. The maximum atomic E-state index is 6.00. The summed E-state index contributed by atoms with van der Waals surface area (Å²) in [6.07, 6.45) is 1.02. The van der Waals surface area contributed by atoms with Gasteiger partial charge in [-0.3, -0.25) is 0 Å². The molecular weight excluding hydrogens is 211 g/mol. The Bertz CT molecular complexity index is 396. The Labute approximate surface area is 104 Å². The first-order valence-corrected chi connectivity index (χ1v) is 6.22. The van der Waals surface area contributed by atoms with Crippen LogP contribution in [0.3, 0.4) is 0 Å². The van der Waals surface area contributed by atoms with Crippen molar-refractivity contribution in [3.63, 3.8) is 0 Å². The first-order chi connectivity index (χ1) is 7.86.